The van der Waals surface area contributed by atoms with E-state index in [1.165, 1.54) is 6.07 Å². The first kappa shape index (κ1) is 16.7. The van der Waals surface area contributed by atoms with Gasteiger partial charge in [-0.1, -0.05) is 13.8 Å². The molecule has 6 nitrogen and oxygen atoms in total. The van der Waals surface area contributed by atoms with E-state index in [9.17, 15) is 8.42 Å². The molecule has 0 saturated carbocycles. The summed E-state index contributed by atoms with van der Waals surface area (Å²) < 4.78 is 28.4. The summed E-state index contributed by atoms with van der Waals surface area (Å²) in [7, 11) is -3.80. The quantitative estimate of drug-likeness (QED) is 0.497. The number of primary sulfonamides is 1. The zero-order valence-electron chi connectivity index (χ0n) is 11.9. The molecule has 0 aromatic heterocycles. The predicted molar refractivity (Wildman–Crippen MR) is 81.0 cm³/mol. The number of benzene rings is 1. The van der Waals surface area contributed by atoms with E-state index in [0.29, 0.717) is 37.1 Å². The number of sulfonamides is 1. The van der Waals surface area contributed by atoms with Crippen LogP contribution in [0.4, 0.5) is 11.4 Å². The highest BCUT2D eigenvalue weighted by Crippen LogP contribution is 2.22. The Kier molecular flexibility index (Phi) is 6.25. The van der Waals surface area contributed by atoms with Gasteiger partial charge < -0.3 is 15.8 Å². The molecule has 7 heteroatoms. The first-order chi connectivity index (χ1) is 9.30. The monoisotopic (exact) mass is 301 g/mol. The average molecular weight is 301 g/mol. The van der Waals surface area contributed by atoms with Crippen LogP contribution < -0.4 is 16.2 Å². The lowest BCUT2D eigenvalue weighted by molar-refractivity contribution is 0.132. The van der Waals surface area contributed by atoms with Crippen molar-refractivity contribution in [2.24, 2.45) is 11.1 Å². The molecule has 0 radical (unpaired) electrons. The molecule has 1 aromatic carbocycles. The van der Waals surface area contributed by atoms with E-state index < -0.39 is 10.0 Å². The van der Waals surface area contributed by atoms with Crippen LogP contribution in [-0.4, -0.2) is 28.2 Å². The van der Waals surface area contributed by atoms with Gasteiger partial charge in [0.25, 0.3) is 0 Å². The molecule has 1 rings (SSSR count). The molecule has 0 atom stereocenters. The molecule has 0 bridgehead atoms. The van der Waals surface area contributed by atoms with Crippen LogP contribution in [0.1, 0.15) is 20.3 Å². The number of ether oxygens (including phenoxy) is 1. The fraction of sp³-hybridized carbons (Fsp3) is 0.538. The lowest BCUT2D eigenvalue weighted by atomic mass is 10.1. The first-order valence-electron chi connectivity index (χ1n) is 6.54. The number of nitrogens with one attached hydrogen (secondary N) is 1. The number of nitrogens with two attached hydrogens (primary N) is 2. The third-order valence-electron chi connectivity index (χ3n) is 2.71. The van der Waals surface area contributed by atoms with Gasteiger partial charge in [0.15, 0.2) is 0 Å². The SMILES string of the molecule is CC(C)CCOCCNc1ccc(N)cc1S(N)(=O)=O. The van der Waals surface area contributed by atoms with Crippen molar-refractivity contribution in [1.82, 2.24) is 0 Å². The Morgan fingerprint density at radius 1 is 1.30 bits per heavy atom. The molecular weight excluding hydrogens is 278 g/mol. The van der Waals surface area contributed by atoms with Crippen LogP contribution in [0.3, 0.4) is 0 Å². The number of hydrogen-bond acceptors (Lipinski definition) is 5. The van der Waals surface area contributed by atoms with E-state index in [0.717, 1.165) is 6.42 Å². The highest BCUT2D eigenvalue weighted by Gasteiger charge is 2.13. The second-order valence-corrected chi connectivity index (χ2v) is 6.55. The maximum atomic E-state index is 11.5. The highest BCUT2D eigenvalue weighted by atomic mass is 32.2. The minimum Gasteiger partial charge on any atom is -0.399 e. The number of anilines is 2. The molecule has 5 N–H and O–H groups in total. The van der Waals surface area contributed by atoms with Gasteiger partial charge in [-0.2, -0.15) is 0 Å². The second-order valence-electron chi connectivity index (χ2n) is 5.02. The van der Waals surface area contributed by atoms with Gasteiger partial charge in [0.2, 0.25) is 10.0 Å². The second kappa shape index (κ2) is 7.47. The Hall–Kier alpha value is -1.31. The van der Waals surface area contributed by atoms with Crippen molar-refractivity contribution in [3.63, 3.8) is 0 Å². The van der Waals surface area contributed by atoms with Gasteiger partial charge >= 0.3 is 0 Å². The molecule has 114 valence electrons. The van der Waals surface area contributed by atoms with Crippen molar-refractivity contribution in [2.45, 2.75) is 25.2 Å². The van der Waals surface area contributed by atoms with Crippen LogP contribution in [0.25, 0.3) is 0 Å². The van der Waals surface area contributed by atoms with E-state index in [4.69, 9.17) is 15.6 Å². The third-order valence-corrected chi connectivity index (χ3v) is 3.66. The molecule has 0 amide bonds. The van der Waals surface area contributed by atoms with Crippen molar-refractivity contribution in [2.75, 3.05) is 30.8 Å². The van der Waals surface area contributed by atoms with Gasteiger partial charge in [0, 0.05) is 18.8 Å². The molecule has 0 aliphatic carbocycles. The van der Waals surface area contributed by atoms with Crippen LogP contribution in [0.15, 0.2) is 23.1 Å². The maximum absolute atomic E-state index is 11.5. The van der Waals surface area contributed by atoms with Crippen LogP contribution in [-0.2, 0) is 14.8 Å². The van der Waals surface area contributed by atoms with Gasteiger partial charge in [-0.05, 0) is 30.5 Å². The molecule has 1 aromatic rings. The van der Waals surface area contributed by atoms with E-state index in [1.54, 1.807) is 12.1 Å². The number of hydrogen-bond donors (Lipinski definition) is 3. The number of rotatable bonds is 8. The molecular formula is C13H23N3O3S. The largest absolute Gasteiger partial charge is 0.399 e. The fourth-order valence-electron chi connectivity index (χ4n) is 1.60. The van der Waals surface area contributed by atoms with E-state index in [2.05, 4.69) is 19.2 Å². The van der Waals surface area contributed by atoms with Gasteiger partial charge in [0.1, 0.15) is 4.90 Å². The van der Waals surface area contributed by atoms with E-state index in [-0.39, 0.29) is 4.90 Å². The normalized spacial score (nSPS) is 11.8. The van der Waals surface area contributed by atoms with Crippen molar-refractivity contribution < 1.29 is 13.2 Å². The van der Waals surface area contributed by atoms with Crippen LogP contribution in [0.2, 0.25) is 0 Å². The third kappa shape index (κ3) is 5.77. The molecule has 0 unspecified atom stereocenters. The molecule has 0 spiro atoms. The average Bonchev–Trinajstić information content (AvgIpc) is 2.33. The van der Waals surface area contributed by atoms with Gasteiger partial charge in [-0.25, -0.2) is 13.6 Å². The summed E-state index contributed by atoms with van der Waals surface area (Å²) in [6.45, 7) is 5.97. The lowest BCUT2D eigenvalue weighted by Gasteiger charge is -2.12. The zero-order chi connectivity index (χ0) is 15.2. The van der Waals surface area contributed by atoms with E-state index in [1.807, 2.05) is 0 Å². The molecule has 20 heavy (non-hydrogen) atoms. The maximum Gasteiger partial charge on any atom is 0.240 e. The Bertz CT molecular complexity index is 530. The fourth-order valence-corrected chi connectivity index (χ4v) is 2.35. The van der Waals surface area contributed by atoms with Gasteiger partial charge in [-0.3, -0.25) is 0 Å². The summed E-state index contributed by atoms with van der Waals surface area (Å²) in [6.07, 6.45) is 1.00. The Morgan fingerprint density at radius 2 is 2.00 bits per heavy atom. The Morgan fingerprint density at radius 3 is 2.60 bits per heavy atom. The summed E-state index contributed by atoms with van der Waals surface area (Å²) in [4.78, 5) is -0.000296. The van der Waals surface area contributed by atoms with Crippen molar-refractivity contribution in [3.05, 3.63) is 18.2 Å². The topological polar surface area (TPSA) is 107 Å². The highest BCUT2D eigenvalue weighted by molar-refractivity contribution is 7.89. The molecule has 0 aliphatic rings. The minimum atomic E-state index is -3.80. The number of nitrogen functional groups attached to an aromatic ring is 1. The molecule has 0 aliphatic heterocycles. The summed E-state index contributed by atoms with van der Waals surface area (Å²) in [5, 5.41) is 8.15. The summed E-state index contributed by atoms with van der Waals surface area (Å²) in [5.74, 6) is 0.606. The molecule has 0 saturated heterocycles. The summed E-state index contributed by atoms with van der Waals surface area (Å²) in [6, 6.07) is 4.57. The Balaban J connectivity index is 2.52. The minimum absolute atomic E-state index is 0.000296. The van der Waals surface area contributed by atoms with Gasteiger partial charge in [0.05, 0.1) is 12.3 Å². The van der Waals surface area contributed by atoms with Gasteiger partial charge in [-0.15, -0.1) is 0 Å². The Labute approximate surface area is 120 Å². The van der Waals surface area contributed by atoms with Crippen molar-refractivity contribution >= 4 is 21.4 Å². The first-order valence-corrected chi connectivity index (χ1v) is 8.09. The summed E-state index contributed by atoms with van der Waals surface area (Å²) in [5.41, 5.74) is 6.37. The molecule has 0 fully saturated rings. The lowest BCUT2D eigenvalue weighted by Crippen LogP contribution is -2.17. The smallest absolute Gasteiger partial charge is 0.240 e. The standard InChI is InChI=1S/C13H23N3O3S/c1-10(2)5-7-19-8-6-16-12-4-3-11(14)9-13(12)20(15,17)18/h3-4,9-10,16H,5-8,14H2,1-2H3,(H2,15,17,18). The van der Waals surface area contributed by atoms with Crippen molar-refractivity contribution in [3.8, 4) is 0 Å². The predicted octanol–water partition coefficient (Wildman–Crippen LogP) is 1.39. The van der Waals surface area contributed by atoms with Crippen LogP contribution in [0.5, 0.6) is 0 Å². The van der Waals surface area contributed by atoms with Crippen molar-refractivity contribution in [1.29, 1.82) is 0 Å². The zero-order valence-corrected chi connectivity index (χ0v) is 12.7. The van der Waals surface area contributed by atoms with Crippen LogP contribution >= 0.6 is 0 Å². The van der Waals surface area contributed by atoms with E-state index >= 15 is 0 Å². The summed E-state index contributed by atoms with van der Waals surface area (Å²) >= 11 is 0. The van der Waals surface area contributed by atoms with Crippen LogP contribution in [0, 0.1) is 5.92 Å². The molecule has 0 heterocycles.